The summed E-state index contributed by atoms with van der Waals surface area (Å²) in [6, 6.07) is 4.45. The minimum absolute atomic E-state index is 0.117. The Labute approximate surface area is 111 Å². The van der Waals surface area contributed by atoms with E-state index < -0.39 is 16.5 Å². The smallest absolute Gasteiger partial charge is 0.311 e. The van der Waals surface area contributed by atoms with Crippen LogP contribution in [0.5, 0.6) is 0 Å². The minimum Gasteiger partial charge on any atom is -0.460 e. The van der Waals surface area contributed by atoms with Gasteiger partial charge in [-0.25, -0.2) is 0 Å². The van der Waals surface area contributed by atoms with Gasteiger partial charge in [-0.1, -0.05) is 6.07 Å². The van der Waals surface area contributed by atoms with Gasteiger partial charge in [-0.15, -0.1) is 12.6 Å². The number of ether oxygens (including phenoxy) is 1. The molecule has 0 aromatic heterocycles. The van der Waals surface area contributed by atoms with E-state index in [2.05, 4.69) is 12.6 Å². The molecule has 0 bridgehead atoms. The number of rotatable bonds is 3. The number of nitro benzene ring substituents is 1. The van der Waals surface area contributed by atoms with Crippen LogP contribution in [0.1, 0.15) is 26.3 Å². The van der Waals surface area contributed by atoms with Crippen LogP contribution >= 0.6 is 12.6 Å². The monoisotopic (exact) mass is 269 g/mol. The van der Waals surface area contributed by atoms with Crippen molar-refractivity contribution in [1.29, 1.82) is 0 Å². The van der Waals surface area contributed by atoms with Crippen molar-refractivity contribution < 1.29 is 14.5 Å². The lowest BCUT2D eigenvalue weighted by molar-refractivity contribution is -0.385. The van der Waals surface area contributed by atoms with Crippen molar-refractivity contribution in [2.24, 2.45) is 0 Å². The van der Waals surface area contributed by atoms with Crippen molar-refractivity contribution in [1.82, 2.24) is 0 Å². The number of nitro groups is 1. The maximum atomic E-state index is 11.6. The van der Waals surface area contributed by atoms with Gasteiger partial charge in [-0.3, -0.25) is 14.9 Å². The quantitative estimate of drug-likeness (QED) is 0.396. The maximum Gasteiger partial charge on any atom is 0.311 e. The Balaban J connectivity index is 2.91. The number of hydrogen-bond donors (Lipinski definition) is 1. The predicted octanol–water partition coefficient (Wildman–Crippen LogP) is 2.77. The summed E-state index contributed by atoms with van der Waals surface area (Å²) in [5.74, 6) is -0.488. The zero-order valence-electron chi connectivity index (χ0n) is 10.5. The normalized spacial score (nSPS) is 11.1. The molecule has 0 fully saturated rings. The lowest BCUT2D eigenvalue weighted by Crippen LogP contribution is -2.25. The summed E-state index contributed by atoms with van der Waals surface area (Å²) < 4.78 is 5.13. The lowest BCUT2D eigenvalue weighted by Gasteiger charge is -2.19. The Morgan fingerprint density at radius 3 is 2.56 bits per heavy atom. The van der Waals surface area contributed by atoms with Gasteiger partial charge < -0.3 is 4.74 Å². The van der Waals surface area contributed by atoms with Gasteiger partial charge in [-0.2, -0.15) is 0 Å². The first-order chi connectivity index (χ1) is 8.19. The van der Waals surface area contributed by atoms with Crippen molar-refractivity contribution in [2.45, 2.75) is 37.7 Å². The van der Waals surface area contributed by atoms with E-state index in [1.807, 2.05) is 0 Å². The highest BCUT2D eigenvalue weighted by atomic mass is 32.1. The molecule has 0 saturated heterocycles. The molecule has 5 nitrogen and oxygen atoms in total. The molecule has 6 heteroatoms. The molecule has 0 aliphatic rings. The van der Waals surface area contributed by atoms with E-state index in [0.29, 0.717) is 10.5 Å². The fourth-order valence-corrected chi connectivity index (χ4v) is 1.60. The third kappa shape index (κ3) is 4.37. The van der Waals surface area contributed by atoms with Crippen LogP contribution in [0.15, 0.2) is 23.1 Å². The second-order valence-electron chi connectivity index (χ2n) is 4.83. The first-order valence-electron chi connectivity index (χ1n) is 5.37. The van der Waals surface area contributed by atoms with Gasteiger partial charge in [0.2, 0.25) is 0 Å². The van der Waals surface area contributed by atoms with Gasteiger partial charge in [0.25, 0.3) is 5.69 Å². The van der Waals surface area contributed by atoms with Gasteiger partial charge in [0.1, 0.15) is 5.60 Å². The lowest BCUT2D eigenvalue weighted by atomic mass is 10.1. The Morgan fingerprint density at radius 2 is 2.06 bits per heavy atom. The van der Waals surface area contributed by atoms with Crippen molar-refractivity contribution >= 4 is 24.3 Å². The van der Waals surface area contributed by atoms with E-state index in [0.717, 1.165) is 0 Å². The number of nitrogens with zero attached hydrogens (tertiary/aromatic N) is 1. The van der Waals surface area contributed by atoms with E-state index in [4.69, 9.17) is 4.74 Å². The molecule has 0 heterocycles. The Kier molecular flexibility index (Phi) is 4.34. The zero-order chi connectivity index (χ0) is 13.9. The number of carbonyl (C=O) groups excluding carboxylic acids is 1. The molecule has 0 radical (unpaired) electrons. The fraction of sp³-hybridized carbons (Fsp3) is 0.417. The molecule has 0 atom stereocenters. The molecule has 0 amide bonds. The summed E-state index contributed by atoms with van der Waals surface area (Å²) >= 11 is 4.03. The molecular formula is C12H15NO4S. The molecule has 0 aliphatic carbocycles. The molecule has 0 spiro atoms. The third-order valence-electron chi connectivity index (χ3n) is 2.02. The summed E-state index contributed by atoms with van der Waals surface area (Å²) in [7, 11) is 0. The minimum atomic E-state index is -0.602. The Morgan fingerprint density at radius 1 is 1.44 bits per heavy atom. The Bertz CT molecular complexity index is 479. The molecular weight excluding hydrogens is 254 g/mol. The average Bonchev–Trinajstić information content (AvgIpc) is 2.17. The largest absolute Gasteiger partial charge is 0.460 e. The molecule has 18 heavy (non-hydrogen) atoms. The molecule has 0 aliphatic heterocycles. The summed E-state index contributed by atoms with van der Waals surface area (Å²) in [5, 5.41) is 10.9. The predicted molar refractivity (Wildman–Crippen MR) is 69.9 cm³/mol. The van der Waals surface area contributed by atoms with Gasteiger partial charge in [0.05, 0.1) is 11.3 Å². The number of carbonyl (C=O) groups is 1. The number of benzene rings is 1. The second-order valence-corrected chi connectivity index (χ2v) is 5.35. The summed E-state index contributed by atoms with van der Waals surface area (Å²) in [4.78, 5) is 22.4. The van der Waals surface area contributed by atoms with Crippen molar-refractivity contribution in [2.75, 3.05) is 0 Å². The second kappa shape index (κ2) is 5.39. The van der Waals surface area contributed by atoms with E-state index in [1.165, 1.54) is 12.1 Å². The third-order valence-corrected chi connectivity index (χ3v) is 2.30. The summed E-state index contributed by atoms with van der Waals surface area (Å²) in [5.41, 5.74) is -0.393. The van der Waals surface area contributed by atoms with Crippen LogP contribution in [0.4, 0.5) is 5.69 Å². The Hall–Kier alpha value is -1.56. The topological polar surface area (TPSA) is 69.4 Å². The van der Waals surface area contributed by atoms with Crippen LogP contribution in [0, 0.1) is 10.1 Å². The highest BCUT2D eigenvalue weighted by molar-refractivity contribution is 7.80. The fourth-order valence-electron chi connectivity index (χ4n) is 1.40. The van der Waals surface area contributed by atoms with Crippen molar-refractivity contribution in [3.05, 3.63) is 33.9 Å². The summed E-state index contributed by atoms with van der Waals surface area (Å²) in [6.45, 7) is 5.24. The first-order valence-corrected chi connectivity index (χ1v) is 5.82. The zero-order valence-corrected chi connectivity index (χ0v) is 11.4. The molecule has 98 valence electrons. The number of thiol groups is 1. The van der Waals surface area contributed by atoms with Crippen LogP contribution in [0.2, 0.25) is 0 Å². The standard InChI is InChI=1S/C12H15NO4S/c1-12(2,3)17-11(14)6-8-4-5-9(18)7-10(8)13(15)16/h4-5,7,18H,6H2,1-3H3. The van der Waals surface area contributed by atoms with Crippen LogP contribution in [0.3, 0.4) is 0 Å². The van der Waals surface area contributed by atoms with Crippen LogP contribution in [-0.2, 0) is 16.0 Å². The summed E-state index contributed by atoms with van der Waals surface area (Å²) in [6.07, 6.45) is -0.123. The average molecular weight is 269 g/mol. The number of hydrogen-bond acceptors (Lipinski definition) is 5. The van der Waals surface area contributed by atoms with Crippen molar-refractivity contribution in [3.8, 4) is 0 Å². The van der Waals surface area contributed by atoms with Crippen LogP contribution in [-0.4, -0.2) is 16.5 Å². The molecule has 1 aromatic carbocycles. The van der Waals surface area contributed by atoms with Gasteiger partial charge in [-0.05, 0) is 26.8 Å². The van der Waals surface area contributed by atoms with E-state index in [1.54, 1.807) is 26.8 Å². The maximum absolute atomic E-state index is 11.6. The van der Waals surface area contributed by atoms with E-state index in [-0.39, 0.29) is 12.1 Å². The van der Waals surface area contributed by atoms with Crippen LogP contribution < -0.4 is 0 Å². The van der Waals surface area contributed by atoms with Gasteiger partial charge in [0, 0.05) is 16.5 Å². The molecule has 1 rings (SSSR count). The number of esters is 1. The van der Waals surface area contributed by atoms with Gasteiger partial charge >= 0.3 is 5.97 Å². The molecule has 0 N–H and O–H groups in total. The molecule has 0 unspecified atom stereocenters. The molecule has 1 aromatic rings. The van der Waals surface area contributed by atoms with Gasteiger partial charge in [0.15, 0.2) is 0 Å². The first kappa shape index (κ1) is 14.5. The highest BCUT2D eigenvalue weighted by Gasteiger charge is 2.21. The van der Waals surface area contributed by atoms with Crippen LogP contribution in [0.25, 0.3) is 0 Å². The molecule has 0 saturated carbocycles. The van der Waals surface area contributed by atoms with E-state index >= 15 is 0 Å². The van der Waals surface area contributed by atoms with E-state index in [9.17, 15) is 14.9 Å². The van der Waals surface area contributed by atoms with Crippen molar-refractivity contribution in [3.63, 3.8) is 0 Å². The highest BCUT2D eigenvalue weighted by Crippen LogP contribution is 2.23. The SMILES string of the molecule is CC(C)(C)OC(=O)Cc1ccc(S)cc1[N+](=O)[O-].